The lowest BCUT2D eigenvalue weighted by atomic mass is 9.86. The molecule has 23 heavy (non-hydrogen) atoms. The van der Waals surface area contributed by atoms with E-state index in [1.54, 1.807) is 0 Å². The lowest BCUT2D eigenvalue weighted by molar-refractivity contribution is -0.529. The van der Waals surface area contributed by atoms with E-state index < -0.39 is 36.2 Å². The van der Waals surface area contributed by atoms with Crippen molar-refractivity contribution in [1.82, 2.24) is 10.2 Å². The number of aliphatic imine (C=N–C) groups is 1. The summed E-state index contributed by atoms with van der Waals surface area (Å²) in [5, 5.41) is 35.8. The summed E-state index contributed by atoms with van der Waals surface area (Å²) in [5.41, 5.74) is 14.8. The number of nitrogens with two attached hydrogens (primary N) is 3. The molecular weight excluding hydrogens is 314 g/mol. The fourth-order valence-electron chi connectivity index (χ4n) is 3.36. The number of amides is 1. The average molecular weight is 333 g/mol. The Kier molecular flexibility index (Phi) is 3.67. The van der Waals surface area contributed by atoms with E-state index in [1.165, 1.54) is 4.90 Å². The minimum Gasteiger partial charge on any atom is -0.744 e. The molecule has 0 radical (unpaired) electrons. The van der Waals surface area contributed by atoms with E-state index in [0.717, 1.165) is 0 Å². The van der Waals surface area contributed by atoms with Gasteiger partial charge in [-0.15, -0.1) is 0 Å². The van der Waals surface area contributed by atoms with Crippen molar-refractivity contribution < 1.29 is 30.0 Å². The molecule has 13 heteroatoms. The van der Waals surface area contributed by atoms with E-state index in [-0.39, 0.29) is 30.4 Å². The summed E-state index contributed by atoms with van der Waals surface area (Å²) in [7, 11) is 0. The zero-order chi connectivity index (χ0) is 16.3. The Bertz CT molecular complexity index is 592. The minimum absolute atomic E-state index is 0. The van der Waals surface area contributed by atoms with Crippen LogP contribution in [0.15, 0.2) is 4.99 Å². The van der Waals surface area contributed by atoms with Crippen molar-refractivity contribution in [1.29, 1.82) is 0 Å². The Balaban J connectivity index is 0.00000192. The molecule has 1 spiro atoms. The molecule has 3 rings (SSSR count). The van der Waals surface area contributed by atoms with Gasteiger partial charge in [0.15, 0.2) is 12.0 Å². The molecule has 0 aliphatic carbocycles. The van der Waals surface area contributed by atoms with Crippen LogP contribution in [0.5, 0.6) is 0 Å². The van der Waals surface area contributed by atoms with Gasteiger partial charge in [0.2, 0.25) is 11.4 Å². The number of aliphatic hydroxyl groups is 2. The number of hydroxylamine groups is 1. The van der Waals surface area contributed by atoms with Crippen LogP contribution >= 0.6 is 0 Å². The third kappa shape index (κ3) is 2.01. The molecule has 1 fully saturated rings. The first kappa shape index (κ1) is 16.9. The lowest BCUT2D eigenvalue weighted by Gasteiger charge is -2.47. The van der Waals surface area contributed by atoms with E-state index in [2.05, 4.69) is 15.0 Å². The minimum atomic E-state index is -2.24. The summed E-state index contributed by atoms with van der Waals surface area (Å²) in [6.07, 6.45) is -1.14. The molecule has 3 atom stereocenters. The van der Waals surface area contributed by atoms with E-state index in [4.69, 9.17) is 17.2 Å². The average Bonchev–Trinajstić information content (AvgIpc) is 2.89. The van der Waals surface area contributed by atoms with Crippen LogP contribution in [-0.2, 0) is 4.74 Å². The van der Waals surface area contributed by atoms with Crippen LogP contribution < -0.4 is 22.5 Å². The molecule has 13 nitrogen and oxygen atoms in total. The first-order valence-corrected chi connectivity index (χ1v) is 6.55. The maximum absolute atomic E-state index is 12.3. The summed E-state index contributed by atoms with van der Waals surface area (Å²) < 4.78 is 5.08. The second-order valence-electron chi connectivity index (χ2n) is 5.45. The SMILES string of the molecule is NC(=O)OC[C@H]1[C@@H]2N=C(N)N[C@]23N(CCC3(O)O)C(N)=[N+]1[O-].O. The quantitative estimate of drug-likeness (QED) is 0.161. The molecule has 0 aromatic heterocycles. The summed E-state index contributed by atoms with van der Waals surface area (Å²) in [4.78, 5) is 16.2. The van der Waals surface area contributed by atoms with Gasteiger partial charge in [0.25, 0.3) is 0 Å². The third-order valence-corrected chi connectivity index (χ3v) is 4.31. The number of primary amides is 1. The highest BCUT2D eigenvalue weighted by Crippen LogP contribution is 2.44. The molecule has 11 N–H and O–H groups in total. The number of ether oxygens (including phenoxy) is 1. The second kappa shape index (κ2) is 5.00. The number of rotatable bonds is 2. The van der Waals surface area contributed by atoms with Gasteiger partial charge in [-0.3, -0.25) is 10.5 Å². The van der Waals surface area contributed by atoms with Crippen molar-refractivity contribution in [3.05, 3.63) is 5.21 Å². The van der Waals surface area contributed by atoms with Gasteiger partial charge in [0.1, 0.15) is 12.6 Å². The Morgan fingerprint density at radius 3 is 2.83 bits per heavy atom. The molecule has 0 unspecified atom stereocenters. The van der Waals surface area contributed by atoms with Crippen molar-refractivity contribution in [3.63, 3.8) is 0 Å². The van der Waals surface area contributed by atoms with Crippen molar-refractivity contribution in [2.24, 2.45) is 22.2 Å². The first-order chi connectivity index (χ1) is 10.2. The Labute approximate surface area is 129 Å². The Morgan fingerprint density at radius 2 is 2.22 bits per heavy atom. The van der Waals surface area contributed by atoms with Gasteiger partial charge in [0, 0.05) is 6.42 Å². The molecule has 1 saturated heterocycles. The van der Waals surface area contributed by atoms with Crippen LogP contribution in [0.3, 0.4) is 0 Å². The zero-order valence-corrected chi connectivity index (χ0v) is 12.0. The van der Waals surface area contributed by atoms with Gasteiger partial charge in [-0.2, -0.15) is 0 Å². The summed E-state index contributed by atoms with van der Waals surface area (Å²) in [6.45, 7) is -0.304. The molecule has 130 valence electrons. The van der Waals surface area contributed by atoms with Crippen molar-refractivity contribution in [3.8, 4) is 0 Å². The normalized spacial score (nSPS) is 34.0. The fraction of sp³-hybridized carbons (Fsp3) is 0.700. The molecular formula is C10H19N7O6. The van der Waals surface area contributed by atoms with Crippen LogP contribution in [0.2, 0.25) is 0 Å². The largest absolute Gasteiger partial charge is 0.744 e. The molecule has 1 amide bonds. The van der Waals surface area contributed by atoms with Gasteiger partial charge in [0.05, 0.1) is 6.54 Å². The van der Waals surface area contributed by atoms with Crippen LogP contribution in [0.4, 0.5) is 4.79 Å². The smallest absolute Gasteiger partial charge is 0.404 e. The van der Waals surface area contributed by atoms with Gasteiger partial charge in [-0.25, -0.2) is 14.7 Å². The van der Waals surface area contributed by atoms with Gasteiger partial charge < -0.3 is 42.4 Å². The van der Waals surface area contributed by atoms with Crippen molar-refractivity contribution in [2.45, 2.75) is 30.0 Å². The van der Waals surface area contributed by atoms with Gasteiger partial charge >= 0.3 is 12.1 Å². The molecule has 0 bridgehead atoms. The van der Waals surface area contributed by atoms with Crippen molar-refractivity contribution >= 4 is 18.0 Å². The fourth-order valence-corrected chi connectivity index (χ4v) is 3.36. The molecule has 3 aliphatic heterocycles. The van der Waals surface area contributed by atoms with E-state index >= 15 is 0 Å². The Hall–Kier alpha value is -2.51. The monoisotopic (exact) mass is 333 g/mol. The number of carbonyl (C=O) groups excluding carboxylic acids is 1. The highest BCUT2D eigenvalue weighted by atomic mass is 16.6. The predicted molar refractivity (Wildman–Crippen MR) is 75.5 cm³/mol. The van der Waals surface area contributed by atoms with Gasteiger partial charge in [-0.1, -0.05) is 0 Å². The highest BCUT2D eigenvalue weighted by molar-refractivity contribution is 5.85. The highest BCUT2D eigenvalue weighted by Gasteiger charge is 2.73. The van der Waals surface area contributed by atoms with E-state index in [0.29, 0.717) is 4.74 Å². The summed E-state index contributed by atoms with van der Waals surface area (Å²) in [5.74, 6) is -2.56. The summed E-state index contributed by atoms with van der Waals surface area (Å²) in [6, 6.07) is -2.12. The predicted octanol–water partition coefficient (Wildman–Crippen LogP) is -5.17. The van der Waals surface area contributed by atoms with Crippen molar-refractivity contribution in [2.75, 3.05) is 13.2 Å². The standard InChI is InChI=1S/C10H17N7O5.H2O/c11-6-14-5-4(3-22-8(13)18)17(21)7(12)16-2-1-9(19,20)10(5,16)15-6;/h4-5,19-20H,1-3,12H2,(H2,13,18)(H3,11,14,15);1H2/t4-,5-,10-;/m0./s1. The van der Waals surface area contributed by atoms with Gasteiger partial charge in [-0.05, 0) is 0 Å². The van der Waals surface area contributed by atoms with Crippen LogP contribution in [0.25, 0.3) is 0 Å². The second-order valence-corrected chi connectivity index (χ2v) is 5.45. The molecule has 0 aromatic rings. The maximum atomic E-state index is 12.3. The number of guanidine groups is 2. The maximum Gasteiger partial charge on any atom is 0.404 e. The number of hydrogen-bond acceptors (Lipinski definition) is 10. The van der Waals surface area contributed by atoms with E-state index in [1.807, 2.05) is 0 Å². The molecule has 3 aliphatic rings. The molecule has 0 saturated carbocycles. The summed E-state index contributed by atoms with van der Waals surface area (Å²) >= 11 is 0. The molecule has 3 heterocycles. The van der Waals surface area contributed by atoms with E-state index in [9.17, 15) is 20.2 Å². The Morgan fingerprint density at radius 1 is 1.57 bits per heavy atom. The topological polar surface area (TPSA) is 230 Å². The number of nitrogens with zero attached hydrogens (tertiary/aromatic N) is 3. The number of carbonyl (C=O) groups is 1. The lowest BCUT2D eigenvalue weighted by Crippen LogP contribution is -2.79. The van der Waals surface area contributed by atoms with Crippen LogP contribution in [-0.4, -0.2) is 80.0 Å². The first-order valence-electron chi connectivity index (χ1n) is 6.55. The third-order valence-electron chi connectivity index (χ3n) is 4.31. The number of hydrogen-bond donors (Lipinski definition) is 6. The van der Waals surface area contributed by atoms with Crippen LogP contribution in [0.1, 0.15) is 6.42 Å². The number of nitrogens with one attached hydrogen (secondary N) is 1. The molecule has 0 aromatic carbocycles. The zero-order valence-electron chi connectivity index (χ0n) is 12.0. The van der Waals surface area contributed by atoms with Crippen LogP contribution in [0, 0.1) is 5.21 Å².